The number of nitro groups is 1. The Bertz CT molecular complexity index is 791. The molecule has 2 aromatic rings. The van der Waals surface area contributed by atoms with Gasteiger partial charge in [0.1, 0.15) is 5.75 Å². The molecule has 0 unspecified atom stereocenters. The van der Waals surface area contributed by atoms with Gasteiger partial charge in [-0.25, -0.2) is 0 Å². The van der Waals surface area contributed by atoms with E-state index in [1.54, 1.807) is 24.3 Å². The summed E-state index contributed by atoms with van der Waals surface area (Å²) < 4.78 is 5.45. The number of carbonyl (C=O) groups excluding carboxylic acids is 2. The van der Waals surface area contributed by atoms with Crippen LogP contribution in [0.3, 0.4) is 0 Å². The molecular formula is C17H17N3O5. The number of nitrogens with zero attached hydrogens (tertiary/aromatic N) is 1. The fourth-order valence-electron chi connectivity index (χ4n) is 1.97. The Morgan fingerprint density at radius 2 is 1.64 bits per heavy atom. The number of hydrazine groups is 1. The van der Waals surface area contributed by atoms with Gasteiger partial charge in [0, 0.05) is 23.3 Å². The highest BCUT2D eigenvalue weighted by molar-refractivity contribution is 5.99. The summed E-state index contributed by atoms with van der Waals surface area (Å²) >= 11 is 0. The molecule has 8 heteroatoms. The lowest BCUT2D eigenvalue weighted by atomic mass is 10.2. The lowest BCUT2D eigenvalue weighted by molar-refractivity contribution is -0.384. The first kappa shape index (κ1) is 17.9. The molecule has 25 heavy (non-hydrogen) atoms. The van der Waals surface area contributed by atoms with Crippen molar-refractivity contribution < 1.29 is 19.2 Å². The van der Waals surface area contributed by atoms with Gasteiger partial charge in [-0.1, -0.05) is 19.1 Å². The van der Waals surface area contributed by atoms with Gasteiger partial charge in [-0.2, -0.15) is 0 Å². The average Bonchev–Trinajstić information content (AvgIpc) is 2.64. The number of ether oxygens (including phenoxy) is 1. The van der Waals surface area contributed by atoms with Gasteiger partial charge in [0.25, 0.3) is 17.5 Å². The van der Waals surface area contributed by atoms with Crippen LogP contribution in [-0.2, 0) is 0 Å². The van der Waals surface area contributed by atoms with Crippen LogP contribution in [0.15, 0.2) is 48.5 Å². The highest BCUT2D eigenvalue weighted by Gasteiger charge is 2.13. The van der Waals surface area contributed by atoms with Gasteiger partial charge in [0.05, 0.1) is 11.5 Å². The average molecular weight is 343 g/mol. The first-order chi connectivity index (χ1) is 12.0. The Morgan fingerprint density at radius 3 is 2.24 bits per heavy atom. The van der Waals surface area contributed by atoms with E-state index < -0.39 is 16.7 Å². The monoisotopic (exact) mass is 343 g/mol. The molecule has 0 heterocycles. The minimum absolute atomic E-state index is 0.0644. The molecule has 0 bridgehead atoms. The second kappa shape index (κ2) is 8.44. The first-order valence-corrected chi connectivity index (χ1v) is 7.59. The maximum absolute atomic E-state index is 12.1. The number of benzene rings is 2. The Labute approximate surface area is 143 Å². The third-order valence-corrected chi connectivity index (χ3v) is 3.18. The van der Waals surface area contributed by atoms with Crippen molar-refractivity contribution in [3.8, 4) is 5.75 Å². The zero-order valence-corrected chi connectivity index (χ0v) is 13.5. The minimum Gasteiger partial charge on any atom is -0.494 e. The summed E-state index contributed by atoms with van der Waals surface area (Å²) in [5.41, 5.74) is 4.66. The van der Waals surface area contributed by atoms with Crippen LogP contribution in [0.25, 0.3) is 0 Å². The van der Waals surface area contributed by atoms with Crippen molar-refractivity contribution >= 4 is 17.5 Å². The maximum atomic E-state index is 12.1. The molecule has 2 N–H and O–H groups in total. The molecule has 0 aliphatic heterocycles. The van der Waals surface area contributed by atoms with Crippen LogP contribution in [-0.4, -0.2) is 23.3 Å². The maximum Gasteiger partial charge on any atom is 0.270 e. The van der Waals surface area contributed by atoms with E-state index in [1.807, 2.05) is 6.92 Å². The van der Waals surface area contributed by atoms with Gasteiger partial charge in [-0.05, 0) is 30.7 Å². The predicted octanol–water partition coefficient (Wildman–Crippen LogP) is 2.46. The molecule has 0 aliphatic rings. The van der Waals surface area contributed by atoms with E-state index in [0.717, 1.165) is 12.5 Å². The molecule has 130 valence electrons. The quantitative estimate of drug-likeness (QED) is 0.618. The third-order valence-electron chi connectivity index (χ3n) is 3.18. The predicted molar refractivity (Wildman–Crippen MR) is 90.3 cm³/mol. The second-order valence-electron chi connectivity index (χ2n) is 5.09. The fraction of sp³-hybridized carbons (Fsp3) is 0.176. The highest BCUT2D eigenvalue weighted by Crippen LogP contribution is 2.14. The third kappa shape index (κ3) is 5.03. The summed E-state index contributed by atoms with van der Waals surface area (Å²) in [5.74, 6) is -0.629. The SMILES string of the molecule is CCCOc1cccc(C(=O)NNC(=O)c2cccc([N+](=O)[O-])c2)c1. The Morgan fingerprint density at radius 1 is 1.04 bits per heavy atom. The van der Waals surface area contributed by atoms with Crippen LogP contribution < -0.4 is 15.6 Å². The number of non-ortho nitro benzene ring substituents is 1. The number of nitro benzene ring substituents is 1. The van der Waals surface area contributed by atoms with Crippen molar-refractivity contribution in [3.05, 3.63) is 69.8 Å². The smallest absolute Gasteiger partial charge is 0.270 e. The van der Waals surface area contributed by atoms with Crippen molar-refractivity contribution in [1.82, 2.24) is 10.9 Å². The number of rotatable bonds is 6. The molecule has 0 radical (unpaired) electrons. The van der Waals surface area contributed by atoms with Gasteiger partial charge in [0.15, 0.2) is 0 Å². The zero-order chi connectivity index (χ0) is 18.2. The van der Waals surface area contributed by atoms with E-state index in [-0.39, 0.29) is 11.3 Å². The van der Waals surface area contributed by atoms with Crippen LogP contribution >= 0.6 is 0 Å². The molecule has 0 saturated carbocycles. The van der Waals surface area contributed by atoms with Crippen molar-refractivity contribution in [2.45, 2.75) is 13.3 Å². The van der Waals surface area contributed by atoms with Crippen LogP contribution in [0.5, 0.6) is 5.75 Å². The first-order valence-electron chi connectivity index (χ1n) is 7.59. The van der Waals surface area contributed by atoms with Crippen LogP contribution in [0, 0.1) is 10.1 Å². The summed E-state index contributed by atoms with van der Waals surface area (Å²) in [5, 5.41) is 10.7. The molecule has 8 nitrogen and oxygen atoms in total. The number of carbonyl (C=O) groups is 2. The van der Waals surface area contributed by atoms with E-state index >= 15 is 0 Å². The molecule has 2 rings (SSSR count). The lowest BCUT2D eigenvalue weighted by Gasteiger charge is -2.09. The highest BCUT2D eigenvalue weighted by atomic mass is 16.6. The van der Waals surface area contributed by atoms with Crippen molar-refractivity contribution in [2.24, 2.45) is 0 Å². The Hall–Kier alpha value is -3.42. The summed E-state index contributed by atoms with van der Waals surface area (Å²) in [6.45, 7) is 2.51. The van der Waals surface area contributed by atoms with Gasteiger partial charge in [-0.3, -0.25) is 30.6 Å². The van der Waals surface area contributed by atoms with E-state index in [1.165, 1.54) is 18.2 Å². The van der Waals surface area contributed by atoms with Gasteiger partial charge in [0.2, 0.25) is 0 Å². The van der Waals surface area contributed by atoms with Gasteiger partial charge in [-0.15, -0.1) is 0 Å². The van der Waals surface area contributed by atoms with Gasteiger partial charge < -0.3 is 4.74 Å². The number of nitrogens with one attached hydrogen (secondary N) is 2. The van der Waals surface area contributed by atoms with E-state index in [0.29, 0.717) is 17.9 Å². The normalized spacial score (nSPS) is 9.96. The molecule has 0 aliphatic carbocycles. The topological polar surface area (TPSA) is 111 Å². The molecule has 0 aromatic heterocycles. The summed E-state index contributed by atoms with van der Waals surface area (Å²) in [6.07, 6.45) is 0.843. The van der Waals surface area contributed by atoms with Crippen LogP contribution in [0.2, 0.25) is 0 Å². The standard InChI is InChI=1S/C17H17N3O5/c1-2-9-25-15-8-4-6-13(11-15)17(22)19-18-16(21)12-5-3-7-14(10-12)20(23)24/h3-8,10-11H,2,9H2,1H3,(H,18,21)(H,19,22). The second-order valence-corrected chi connectivity index (χ2v) is 5.09. The number of hydrogen-bond acceptors (Lipinski definition) is 5. The lowest BCUT2D eigenvalue weighted by Crippen LogP contribution is -2.41. The van der Waals surface area contributed by atoms with E-state index in [4.69, 9.17) is 4.74 Å². The van der Waals surface area contributed by atoms with Crippen LogP contribution in [0.1, 0.15) is 34.1 Å². The molecule has 2 aromatic carbocycles. The van der Waals surface area contributed by atoms with E-state index in [9.17, 15) is 19.7 Å². The molecule has 0 saturated heterocycles. The summed E-state index contributed by atoms with van der Waals surface area (Å²) in [4.78, 5) is 34.2. The number of hydrogen-bond donors (Lipinski definition) is 2. The van der Waals surface area contributed by atoms with Crippen molar-refractivity contribution in [3.63, 3.8) is 0 Å². The Kier molecular flexibility index (Phi) is 6.05. The van der Waals surface area contributed by atoms with E-state index in [2.05, 4.69) is 10.9 Å². The minimum atomic E-state index is -0.657. The molecular weight excluding hydrogens is 326 g/mol. The van der Waals surface area contributed by atoms with Gasteiger partial charge >= 0.3 is 0 Å². The van der Waals surface area contributed by atoms with Crippen molar-refractivity contribution in [1.29, 1.82) is 0 Å². The molecule has 2 amide bonds. The molecule has 0 spiro atoms. The fourth-order valence-corrected chi connectivity index (χ4v) is 1.97. The summed E-state index contributed by atoms with van der Waals surface area (Å²) in [7, 11) is 0. The summed E-state index contributed by atoms with van der Waals surface area (Å²) in [6, 6.07) is 11.7. The number of amides is 2. The largest absolute Gasteiger partial charge is 0.494 e. The molecule has 0 atom stereocenters. The van der Waals surface area contributed by atoms with Crippen LogP contribution in [0.4, 0.5) is 5.69 Å². The Balaban J connectivity index is 1.98. The molecule has 0 fully saturated rings. The zero-order valence-electron chi connectivity index (χ0n) is 13.5. The van der Waals surface area contributed by atoms with Crippen molar-refractivity contribution in [2.75, 3.05) is 6.61 Å².